The van der Waals surface area contributed by atoms with E-state index < -0.39 is 0 Å². The van der Waals surface area contributed by atoms with Crippen LogP contribution in [0.3, 0.4) is 0 Å². The third kappa shape index (κ3) is 6.69. The van der Waals surface area contributed by atoms with Crippen molar-refractivity contribution in [2.24, 2.45) is 4.99 Å². The summed E-state index contributed by atoms with van der Waals surface area (Å²) in [5.74, 6) is 2.00. The highest BCUT2D eigenvalue weighted by Crippen LogP contribution is 2.23. The number of rotatable bonds is 7. The lowest BCUT2D eigenvalue weighted by molar-refractivity contribution is 0.201. The maximum Gasteiger partial charge on any atom is 0.226 e. The quantitative estimate of drug-likeness (QED) is 0.250. The minimum Gasteiger partial charge on any atom is -0.474 e. The van der Waals surface area contributed by atoms with Crippen molar-refractivity contribution in [3.05, 3.63) is 65.7 Å². The summed E-state index contributed by atoms with van der Waals surface area (Å²) in [7, 11) is 1.75. The molecule has 8 heteroatoms. The van der Waals surface area contributed by atoms with E-state index in [-0.39, 0.29) is 24.0 Å². The second-order valence-electron chi connectivity index (χ2n) is 7.82. The highest BCUT2D eigenvalue weighted by atomic mass is 127. The molecule has 1 aromatic carbocycles. The minimum atomic E-state index is 0. The molecule has 3 aromatic rings. The first kappa shape index (κ1) is 24.0. The predicted octanol–water partition coefficient (Wildman–Crippen LogP) is 4.85. The smallest absolute Gasteiger partial charge is 0.226 e. The number of halogens is 1. The molecule has 170 valence electrons. The fourth-order valence-corrected chi connectivity index (χ4v) is 3.60. The summed E-state index contributed by atoms with van der Waals surface area (Å²) in [6.45, 7) is 3.20. The molecule has 4 rings (SSSR count). The highest BCUT2D eigenvalue weighted by Gasteiger charge is 2.17. The number of nitrogens with one attached hydrogen (secondary N) is 2. The maximum atomic E-state index is 6.00. The average Bonchev–Trinajstić information content (AvgIpc) is 3.47. The largest absolute Gasteiger partial charge is 0.474 e. The molecule has 32 heavy (non-hydrogen) atoms. The molecule has 1 saturated carbocycles. The van der Waals surface area contributed by atoms with Crippen LogP contribution in [0.1, 0.15) is 42.5 Å². The van der Waals surface area contributed by atoms with E-state index in [1.165, 1.54) is 18.4 Å². The Labute approximate surface area is 206 Å². The molecule has 0 spiro atoms. The molecule has 1 aliphatic rings. The van der Waals surface area contributed by atoms with Crippen molar-refractivity contribution in [1.82, 2.24) is 20.6 Å². The molecule has 2 heterocycles. The van der Waals surface area contributed by atoms with E-state index in [1.54, 1.807) is 19.5 Å². The Bertz CT molecular complexity index is 1010. The van der Waals surface area contributed by atoms with Gasteiger partial charge in [0.15, 0.2) is 5.96 Å². The van der Waals surface area contributed by atoms with Crippen molar-refractivity contribution < 1.29 is 9.15 Å². The van der Waals surface area contributed by atoms with Gasteiger partial charge >= 0.3 is 0 Å². The maximum absolute atomic E-state index is 6.00. The number of oxazole rings is 1. The number of aryl methyl sites for hydroxylation is 1. The van der Waals surface area contributed by atoms with Gasteiger partial charge in [0.2, 0.25) is 11.8 Å². The molecule has 1 fully saturated rings. The summed E-state index contributed by atoms with van der Waals surface area (Å²) < 4.78 is 11.6. The Hall–Kier alpha value is -2.62. The van der Waals surface area contributed by atoms with E-state index in [0.717, 1.165) is 29.7 Å². The molecule has 7 nitrogen and oxygen atoms in total. The Kier molecular flexibility index (Phi) is 8.90. The van der Waals surface area contributed by atoms with Crippen LogP contribution in [-0.2, 0) is 13.1 Å². The topological polar surface area (TPSA) is 84.6 Å². The van der Waals surface area contributed by atoms with Gasteiger partial charge in [0.05, 0.1) is 12.2 Å². The number of hydrogen-bond donors (Lipinski definition) is 2. The van der Waals surface area contributed by atoms with E-state index >= 15 is 0 Å². The summed E-state index contributed by atoms with van der Waals surface area (Å²) in [5, 5.41) is 6.59. The average molecular weight is 547 g/mol. The number of hydrogen-bond acceptors (Lipinski definition) is 5. The lowest BCUT2D eigenvalue weighted by Crippen LogP contribution is -2.36. The third-order valence-electron chi connectivity index (χ3n) is 5.36. The summed E-state index contributed by atoms with van der Waals surface area (Å²) in [5.41, 5.74) is 4.08. The van der Waals surface area contributed by atoms with Gasteiger partial charge in [-0.25, -0.2) is 9.97 Å². The third-order valence-corrected chi connectivity index (χ3v) is 5.36. The van der Waals surface area contributed by atoms with Crippen LogP contribution in [0.25, 0.3) is 11.5 Å². The van der Waals surface area contributed by atoms with Gasteiger partial charge in [0, 0.05) is 31.4 Å². The summed E-state index contributed by atoms with van der Waals surface area (Å²) in [4.78, 5) is 13.2. The van der Waals surface area contributed by atoms with Crippen molar-refractivity contribution >= 4 is 29.9 Å². The number of nitrogens with zero attached hydrogens (tertiary/aromatic N) is 3. The van der Waals surface area contributed by atoms with E-state index in [0.29, 0.717) is 36.9 Å². The highest BCUT2D eigenvalue weighted by molar-refractivity contribution is 14.0. The van der Waals surface area contributed by atoms with Crippen molar-refractivity contribution in [2.45, 2.75) is 51.8 Å². The van der Waals surface area contributed by atoms with Gasteiger partial charge < -0.3 is 19.8 Å². The summed E-state index contributed by atoms with van der Waals surface area (Å²) in [6, 6.07) is 12.1. The molecule has 0 unspecified atom stereocenters. The van der Waals surface area contributed by atoms with Gasteiger partial charge in [-0.2, -0.15) is 0 Å². The summed E-state index contributed by atoms with van der Waals surface area (Å²) >= 11 is 0. The van der Waals surface area contributed by atoms with Gasteiger partial charge in [-0.05, 0) is 56.4 Å². The standard InChI is InChI=1S/C24H29N5O2.HI/c1-17-7-9-19(10-8-17)23-29-20(16-30-23)15-28-24(25-2)27-14-18-11-12-26-22(13-18)31-21-5-3-4-6-21;/h7-13,16,21H,3-6,14-15H2,1-2H3,(H2,25,27,28);1H. The Morgan fingerprint density at radius 2 is 1.88 bits per heavy atom. The summed E-state index contributed by atoms with van der Waals surface area (Å²) in [6.07, 6.45) is 8.49. The molecular formula is C24H30IN5O2. The molecule has 0 bridgehead atoms. The zero-order valence-electron chi connectivity index (χ0n) is 18.5. The monoisotopic (exact) mass is 547 g/mol. The van der Waals surface area contributed by atoms with Gasteiger partial charge in [-0.1, -0.05) is 17.7 Å². The van der Waals surface area contributed by atoms with Crippen molar-refractivity contribution in [3.8, 4) is 17.3 Å². The molecular weight excluding hydrogens is 517 g/mol. The van der Waals surface area contributed by atoms with Gasteiger partial charge in [0.25, 0.3) is 0 Å². The SMILES string of the molecule is CN=C(NCc1ccnc(OC2CCCC2)c1)NCc1coc(-c2ccc(C)cc2)n1.I. The van der Waals surface area contributed by atoms with Gasteiger partial charge in [-0.3, -0.25) is 4.99 Å². The second-order valence-corrected chi connectivity index (χ2v) is 7.82. The number of ether oxygens (including phenoxy) is 1. The zero-order chi connectivity index (χ0) is 21.5. The molecule has 0 atom stereocenters. The number of aliphatic imine (C=N–C) groups is 1. The number of aromatic nitrogens is 2. The number of benzene rings is 1. The van der Waals surface area contributed by atoms with Crippen LogP contribution in [0.2, 0.25) is 0 Å². The van der Waals surface area contributed by atoms with Gasteiger partial charge in [0.1, 0.15) is 12.4 Å². The van der Waals surface area contributed by atoms with Crippen LogP contribution in [0.15, 0.2) is 58.3 Å². The molecule has 0 amide bonds. The fraction of sp³-hybridized carbons (Fsp3) is 0.375. The van der Waals surface area contributed by atoms with Crippen LogP contribution < -0.4 is 15.4 Å². The zero-order valence-corrected chi connectivity index (χ0v) is 20.8. The predicted molar refractivity (Wildman–Crippen MR) is 136 cm³/mol. The van der Waals surface area contributed by atoms with Crippen LogP contribution >= 0.6 is 24.0 Å². The van der Waals surface area contributed by atoms with Crippen molar-refractivity contribution in [2.75, 3.05) is 7.05 Å². The normalized spacial score (nSPS) is 14.1. The molecule has 0 saturated heterocycles. The first-order chi connectivity index (χ1) is 15.2. The lowest BCUT2D eigenvalue weighted by atomic mass is 10.1. The van der Waals surface area contributed by atoms with Crippen LogP contribution in [0.5, 0.6) is 5.88 Å². The van der Waals surface area contributed by atoms with E-state index in [9.17, 15) is 0 Å². The molecule has 2 aromatic heterocycles. The Morgan fingerprint density at radius 3 is 2.62 bits per heavy atom. The molecule has 0 aliphatic heterocycles. The Morgan fingerprint density at radius 1 is 1.12 bits per heavy atom. The van der Waals surface area contributed by atoms with Crippen LogP contribution in [0.4, 0.5) is 0 Å². The first-order valence-electron chi connectivity index (χ1n) is 10.8. The Balaban J connectivity index is 0.00000289. The second kappa shape index (κ2) is 11.8. The van der Waals surface area contributed by atoms with E-state index in [1.807, 2.05) is 36.4 Å². The van der Waals surface area contributed by atoms with Crippen LogP contribution in [0, 0.1) is 6.92 Å². The first-order valence-corrected chi connectivity index (χ1v) is 10.8. The van der Waals surface area contributed by atoms with Crippen LogP contribution in [-0.4, -0.2) is 29.1 Å². The molecule has 2 N–H and O–H groups in total. The fourth-order valence-electron chi connectivity index (χ4n) is 3.60. The lowest BCUT2D eigenvalue weighted by Gasteiger charge is -2.14. The van der Waals surface area contributed by atoms with Crippen molar-refractivity contribution in [1.29, 1.82) is 0 Å². The molecule has 1 aliphatic carbocycles. The molecule has 0 radical (unpaired) electrons. The van der Waals surface area contributed by atoms with E-state index in [4.69, 9.17) is 9.15 Å². The minimum absolute atomic E-state index is 0. The van der Waals surface area contributed by atoms with E-state index in [2.05, 4.69) is 32.5 Å². The number of guanidine groups is 1. The van der Waals surface area contributed by atoms with Crippen molar-refractivity contribution in [3.63, 3.8) is 0 Å². The van der Waals surface area contributed by atoms with Gasteiger partial charge in [-0.15, -0.1) is 24.0 Å². The number of pyridine rings is 1.